The van der Waals surface area contributed by atoms with Crippen LogP contribution < -0.4 is 0 Å². The summed E-state index contributed by atoms with van der Waals surface area (Å²) in [7, 11) is 0. The maximum Gasteiger partial charge on any atom is 0.411 e. The summed E-state index contributed by atoms with van der Waals surface area (Å²) < 4.78 is 17.9. The second-order valence-electron chi connectivity index (χ2n) is 8.91. The lowest BCUT2D eigenvalue weighted by molar-refractivity contribution is -0.0856. The summed E-state index contributed by atoms with van der Waals surface area (Å²) in [4.78, 5) is 14.4. The van der Waals surface area contributed by atoms with Crippen LogP contribution in [0.3, 0.4) is 0 Å². The number of rotatable bonds is 8. The normalized spacial score (nSPS) is 23.3. The molecule has 174 valence electrons. The fourth-order valence-electron chi connectivity index (χ4n) is 3.91. The number of amides is 1. The molecule has 1 amide bonds. The van der Waals surface area contributed by atoms with Gasteiger partial charge in [-0.1, -0.05) is 60.7 Å². The molecule has 4 atom stereocenters. The quantitative estimate of drug-likeness (QED) is 0.652. The van der Waals surface area contributed by atoms with Crippen LogP contribution in [0.5, 0.6) is 0 Å². The molecule has 0 spiro atoms. The van der Waals surface area contributed by atoms with Gasteiger partial charge in [0.1, 0.15) is 17.8 Å². The van der Waals surface area contributed by atoms with Crippen molar-refractivity contribution in [1.29, 1.82) is 0 Å². The van der Waals surface area contributed by atoms with Crippen molar-refractivity contribution in [3.05, 3.63) is 71.8 Å². The van der Waals surface area contributed by atoms with Gasteiger partial charge in [0.05, 0.1) is 38.5 Å². The van der Waals surface area contributed by atoms with Crippen LogP contribution in [0.15, 0.2) is 60.7 Å². The van der Waals surface area contributed by atoms with Crippen LogP contribution in [0.4, 0.5) is 4.79 Å². The predicted molar refractivity (Wildman–Crippen MR) is 120 cm³/mol. The Kier molecular flexibility index (Phi) is 8.26. The highest BCUT2D eigenvalue weighted by atomic mass is 16.6. The Labute approximate surface area is 189 Å². The number of ether oxygens (including phenoxy) is 3. The van der Waals surface area contributed by atoms with Crippen molar-refractivity contribution in [2.75, 3.05) is 13.2 Å². The SMILES string of the molecule is CC(C)(C)OC(=O)N1[C@@H](CO)[C@@H](OCc2ccccc2)[C@H](OCc2ccccc2)[C@@H]1CO. The van der Waals surface area contributed by atoms with Gasteiger partial charge in [-0.3, -0.25) is 4.90 Å². The van der Waals surface area contributed by atoms with Crippen LogP contribution in [0, 0.1) is 0 Å². The third-order valence-corrected chi connectivity index (χ3v) is 5.35. The van der Waals surface area contributed by atoms with E-state index in [-0.39, 0.29) is 26.4 Å². The van der Waals surface area contributed by atoms with Crippen LogP contribution in [-0.4, -0.2) is 64.3 Å². The highest BCUT2D eigenvalue weighted by molar-refractivity contribution is 5.70. The molecule has 1 fully saturated rings. The Balaban J connectivity index is 1.85. The van der Waals surface area contributed by atoms with Crippen molar-refractivity contribution >= 4 is 6.09 Å². The molecular weight excluding hydrogens is 410 g/mol. The number of carbonyl (C=O) groups excluding carboxylic acids is 1. The van der Waals surface area contributed by atoms with Gasteiger partial charge in [0.15, 0.2) is 0 Å². The van der Waals surface area contributed by atoms with Gasteiger partial charge in [0, 0.05) is 0 Å². The van der Waals surface area contributed by atoms with E-state index in [1.165, 1.54) is 4.90 Å². The maximum absolute atomic E-state index is 13.0. The molecule has 3 rings (SSSR count). The van der Waals surface area contributed by atoms with E-state index < -0.39 is 36.0 Å². The van der Waals surface area contributed by atoms with E-state index in [0.29, 0.717) is 0 Å². The third kappa shape index (κ3) is 6.07. The summed E-state index contributed by atoms with van der Waals surface area (Å²) in [6.07, 6.45) is -1.91. The van der Waals surface area contributed by atoms with Crippen molar-refractivity contribution in [3.63, 3.8) is 0 Å². The van der Waals surface area contributed by atoms with Crippen LogP contribution in [-0.2, 0) is 27.4 Å². The van der Waals surface area contributed by atoms with Crippen molar-refractivity contribution in [2.24, 2.45) is 0 Å². The second-order valence-corrected chi connectivity index (χ2v) is 8.91. The van der Waals surface area contributed by atoms with Crippen molar-refractivity contribution in [3.8, 4) is 0 Å². The van der Waals surface area contributed by atoms with E-state index in [2.05, 4.69) is 0 Å². The summed E-state index contributed by atoms with van der Waals surface area (Å²) in [5.74, 6) is 0. The Morgan fingerprint density at radius 2 is 1.22 bits per heavy atom. The molecule has 2 aromatic rings. The van der Waals surface area contributed by atoms with E-state index in [9.17, 15) is 15.0 Å². The summed E-state index contributed by atoms with van der Waals surface area (Å²) in [6.45, 7) is 5.20. The summed E-state index contributed by atoms with van der Waals surface area (Å²) >= 11 is 0. The van der Waals surface area contributed by atoms with Crippen LogP contribution >= 0.6 is 0 Å². The van der Waals surface area contributed by atoms with Gasteiger partial charge in [-0.05, 0) is 31.9 Å². The lowest BCUT2D eigenvalue weighted by Crippen LogP contribution is -2.49. The number of aliphatic hydroxyl groups excluding tert-OH is 2. The number of nitrogens with zero attached hydrogens (tertiary/aromatic N) is 1. The molecule has 1 saturated heterocycles. The predicted octanol–water partition coefficient (Wildman–Crippen LogP) is 3.13. The molecule has 0 aromatic heterocycles. The molecule has 32 heavy (non-hydrogen) atoms. The number of carbonyl (C=O) groups is 1. The Bertz CT molecular complexity index is 781. The average molecular weight is 444 g/mol. The summed E-state index contributed by atoms with van der Waals surface area (Å²) in [6, 6.07) is 17.9. The van der Waals surface area contributed by atoms with Gasteiger partial charge < -0.3 is 24.4 Å². The number of benzene rings is 2. The zero-order valence-corrected chi connectivity index (χ0v) is 18.9. The van der Waals surface area contributed by atoms with Crippen molar-refractivity contribution in [1.82, 2.24) is 4.90 Å². The first-order valence-electron chi connectivity index (χ1n) is 10.9. The van der Waals surface area contributed by atoms with Gasteiger partial charge in [0.25, 0.3) is 0 Å². The summed E-state index contributed by atoms with van der Waals surface area (Å²) in [5, 5.41) is 20.4. The minimum Gasteiger partial charge on any atom is -0.444 e. The molecule has 2 aromatic carbocycles. The minimum absolute atomic E-state index is 0.285. The largest absolute Gasteiger partial charge is 0.444 e. The van der Waals surface area contributed by atoms with E-state index in [1.54, 1.807) is 20.8 Å². The molecule has 2 N–H and O–H groups in total. The lowest BCUT2D eigenvalue weighted by Gasteiger charge is -2.31. The van der Waals surface area contributed by atoms with Crippen molar-refractivity contribution < 1.29 is 29.2 Å². The molecule has 0 radical (unpaired) electrons. The van der Waals surface area contributed by atoms with Crippen LogP contribution in [0.25, 0.3) is 0 Å². The highest BCUT2D eigenvalue weighted by Gasteiger charge is 2.53. The highest BCUT2D eigenvalue weighted by Crippen LogP contribution is 2.32. The molecule has 1 heterocycles. The van der Waals surface area contributed by atoms with Gasteiger partial charge in [0.2, 0.25) is 0 Å². The fourth-order valence-corrected chi connectivity index (χ4v) is 3.91. The first-order valence-corrected chi connectivity index (χ1v) is 10.9. The summed E-state index contributed by atoms with van der Waals surface area (Å²) in [5.41, 5.74) is 1.20. The molecule has 7 heteroatoms. The second kappa shape index (κ2) is 10.9. The Morgan fingerprint density at radius 1 is 0.812 bits per heavy atom. The lowest BCUT2D eigenvalue weighted by atomic mass is 10.1. The first-order chi connectivity index (χ1) is 15.3. The van der Waals surface area contributed by atoms with E-state index in [0.717, 1.165) is 11.1 Å². The van der Waals surface area contributed by atoms with Gasteiger partial charge in [-0.2, -0.15) is 0 Å². The minimum atomic E-state index is -0.722. The smallest absolute Gasteiger partial charge is 0.411 e. The van der Waals surface area contributed by atoms with E-state index >= 15 is 0 Å². The third-order valence-electron chi connectivity index (χ3n) is 5.35. The van der Waals surface area contributed by atoms with E-state index in [4.69, 9.17) is 14.2 Å². The first kappa shape index (κ1) is 24.2. The monoisotopic (exact) mass is 443 g/mol. The number of likely N-dealkylation sites (tertiary alicyclic amines) is 1. The fraction of sp³-hybridized carbons (Fsp3) is 0.480. The Hall–Kier alpha value is -2.45. The van der Waals surface area contributed by atoms with Gasteiger partial charge >= 0.3 is 6.09 Å². The zero-order chi connectivity index (χ0) is 23.1. The molecule has 0 aliphatic carbocycles. The Morgan fingerprint density at radius 3 is 1.56 bits per heavy atom. The zero-order valence-electron chi connectivity index (χ0n) is 18.9. The molecule has 1 aliphatic rings. The topological polar surface area (TPSA) is 88.5 Å². The van der Waals surface area contributed by atoms with Crippen LogP contribution in [0.2, 0.25) is 0 Å². The number of hydrogen-bond donors (Lipinski definition) is 2. The molecule has 7 nitrogen and oxygen atoms in total. The molecule has 0 unspecified atom stereocenters. The maximum atomic E-state index is 13.0. The van der Waals surface area contributed by atoms with Gasteiger partial charge in [-0.15, -0.1) is 0 Å². The molecular formula is C25H33NO6. The molecule has 0 saturated carbocycles. The van der Waals surface area contributed by atoms with Crippen LogP contribution in [0.1, 0.15) is 31.9 Å². The van der Waals surface area contributed by atoms with Gasteiger partial charge in [-0.25, -0.2) is 4.79 Å². The molecule has 0 bridgehead atoms. The number of hydrogen-bond acceptors (Lipinski definition) is 6. The standard InChI is InChI=1S/C25H33NO6/c1-25(2,3)32-24(29)26-20(14-27)22(30-16-18-10-6-4-7-11-18)23(21(26)15-28)31-17-19-12-8-5-9-13-19/h4-13,20-23,27-28H,14-17H2,1-3H3/t20-,21-,22+,23+/m0/s1. The number of aliphatic hydroxyl groups is 2. The molecule has 1 aliphatic heterocycles. The van der Waals surface area contributed by atoms with E-state index in [1.807, 2.05) is 60.7 Å². The van der Waals surface area contributed by atoms with Crippen molar-refractivity contribution in [2.45, 2.75) is 63.9 Å². The average Bonchev–Trinajstić information content (AvgIpc) is 3.09.